The van der Waals surface area contributed by atoms with E-state index in [-0.39, 0.29) is 32.4 Å². The van der Waals surface area contributed by atoms with Crippen LogP contribution in [0.2, 0.25) is 10.2 Å². The van der Waals surface area contributed by atoms with Gasteiger partial charge in [0.05, 0.1) is 33.6 Å². The molecule has 1 heterocycles. The van der Waals surface area contributed by atoms with E-state index in [4.69, 9.17) is 23.2 Å². The molecule has 6 nitrogen and oxygen atoms in total. The van der Waals surface area contributed by atoms with E-state index in [1.807, 2.05) is 0 Å². The Hall–Kier alpha value is -3.15. The third-order valence-corrected chi connectivity index (χ3v) is 6.10. The van der Waals surface area contributed by atoms with Crippen LogP contribution in [0.15, 0.2) is 54.6 Å². The van der Waals surface area contributed by atoms with Gasteiger partial charge in [-0.15, -0.1) is 0 Å². The molecule has 0 saturated carbocycles. The quantitative estimate of drug-likeness (QED) is 0.326. The van der Waals surface area contributed by atoms with E-state index >= 15 is 0 Å². The molecule has 0 aliphatic heterocycles. The zero-order valence-corrected chi connectivity index (χ0v) is 19.8. The Morgan fingerprint density at radius 1 is 1.06 bits per heavy atom. The van der Waals surface area contributed by atoms with Crippen LogP contribution in [0, 0.1) is 5.82 Å². The highest BCUT2D eigenvalue weighted by Gasteiger charge is 2.33. The number of nitrogens with one attached hydrogen (secondary N) is 1. The summed E-state index contributed by atoms with van der Waals surface area (Å²) in [5.74, 6) is -2.30. The summed E-state index contributed by atoms with van der Waals surface area (Å²) >= 11 is 12.5. The highest BCUT2D eigenvalue weighted by atomic mass is 35.5. The maximum Gasteiger partial charge on any atom is 0.417 e. The number of alkyl halides is 3. The van der Waals surface area contributed by atoms with Gasteiger partial charge in [-0.1, -0.05) is 47.5 Å². The molecule has 35 heavy (non-hydrogen) atoms. The lowest BCUT2D eigenvalue weighted by Gasteiger charge is -2.13. The molecule has 1 amide bonds. The maximum atomic E-state index is 14.7. The number of benzene rings is 3. The summed E-state index contributed by atoms with van der Waals surface area (Å²) in [6.07, 6.45) is -3.84. The first-order chi connectivity index (χ1) is 16.3. The first-order valence-electron chi connectivity index (χ1n) is 9.62. The molecular formula is C22H13Cl2F4N3O3S. The predicted molar refractivity (Wildman–Crippen MR) is 124 cm³/mol. The monoisotopic (exact) mass is 545 g/mol. The molecule has 3 aromatic carbocycles. The second-order valence-electron chi connectivity index (χ2n) is 7.46. The fourth-order valence-electron chi connectivity index (χ4n) is 3.51. The number of aromatic nitrogens is 2. The first-order valence-corrected chi connectivity index (χ1v) is 12.3. The van der Waals surface area contributed by atoms with E-state index in [1.54, 1.807) is 4.72 Å². The third-order valence-electron chi connectivity index (χ3n) is 4.97. The van der Waals surface area contributed by atoms with Gasteiger partial charge in [-0.3, -0.25) is 4.79 Å². The van der Waals surface area contributed by atoms with E-state index in [2.05, 4.69) is 5.10 Å². The molecule has 0 saturated heterocycles. The molecule has 0 unspecified atom stereocenters. The van der Waals surface area contributed by atoms with Crippen LogP contribution in [0.3, 0.4) is 0 Å². The lowest BCUT2D eigenvalue weighted by Crippen LogP contribution is -2.30. The van der Waals surface area contributed by atoms with Crippen LogP contribution in [0.1, 0.15) is 15.9 Å². The number of halogens is 6. The molecule has 0 aliphatic carbocycles. The Balaban J connectivity index is 1.82. The van der Waals surface area contributed by atoms with Gasteiger partial charge in [-0.25, -0.2) is 22.2 Å². The zero-order valence-electron chi connectivity index (χ0n) is 17.5. The first kappa shape index (κ1) is 25.0. The van der Waals surface area contributed by atoms with E-state index in [0.717, 1.165) is 24.5 Å². The molecule has 0 atom stereocenters. The van der Waals surface area contributed by atoms with E-state index in [0.29, 0.717) is 5.52 Å². The van der Waals surface area contributed by atoms with Gasteiger partial charge in [0.15, 0.2) is 5.15 Å². The molecule has 4 rings (SSSR count). The van der Waals surface area contributed by atoms with Gasteiger partial charge in [-0.2, -0.15) is 18.3 Å². The Morgan fingerprint density at radius 2 is 1.74 bits per heavy atom. The Morgan fingerprint density at radius 3 is 2.40 bits per heavy atom. The van der Waals surface area contributed by atoms with E-state index in [1.165, 1.54) is 41.1 Å². The van der Waals surface area contributed by atoms with Crippen molar-refractivity contribution in [2.75, 3.05) is 6.26 Å². The van der Waals surface area contributed by atoms with Crippen molar-refractivity contribution in [3.63, 3.8) is 0 Å². The molecule has 0 radical (unpaired) electrons. The van der Waals surface area contributed by atoms with Gasteiger partial charge in [0.25, 0.3) is 5.91 Å². The fourth-order valence-corrected chi connectivity index (χ4v) is 4.43. The van der Waals surface area contributed by atoms with Crippen molar-refractivity contribution in [2.24, 2.45) is 0 Å². The zero-order chi connectivity index (χ0) is 25.7. The molecule has 0 spiro atoms. The van der Waals surface area contributed by atoms with Gasteiger partial charge >= 0.3 is 6.18 Å². The summed E-state index contributed by atoms with van der Waals surface area (Å²) < 4.78 is 80.4. The number of fused-ring (bicyclic) bond motifs is 1. The summed E-state index contributed by atoms with van der Waals surface area (Å²) in [6.45, 7) is 0. The van der Waals surface area contributed by atoms with Gasteiger partial charge in [-0.05, 0) is 35.4 Å². The molecule has 0 aliphatic rings. The van der Waals surface area contributed by atoms with Crippen LogP contribution in [-0.2, 0) is 16.2 Å². The highest BCUT2D eigenvalue weighted by molar-refractivity contribution is 7.89. The number of amides is 1. The van der Waals surface area contributed by atoms with Crippen molar-refractivity contribution in [3.05, 3.63) is 81.7 Å². The minimum atomic E-state index is -4.57. The minimum absolute atomic E-state index is 0.0274. The van der Waals surface area contributed by atoms with Gasteiger partial charge in [0, 0.05) is 11.5 Å². The largest absolute Gasteiger partial charge is 0.417 e. The minimum Gasteiger partial charge on any atom is -0.268 e. The number of hydrogen-bond acceptors (Lipinski definition) is 4. The van der Waals surface area contributed by atoms with E-state index in [9.17, 15) is 30.8 Å². The second-order valence-corrected chi connectivity index (χ2v) is 9.98. The number of sulfonamides is 1. The molecule has 1 aromatic heterocycles. The second kappa shape index (κ2) is 8.81. The normalized spacial score (nSPS) is 12.2. The fraction of sp³-hybridized carbons (Fsp3) is 0.0909. The van der Waals surface area contributed by atoms with Gasteiger partial charge in [0.2, 0.25) is 10.0 Å². The van der Waals surface area contributed by atoms with Crippen molar-refractivity contribution >= 4 is 50.0 Å². The molecule has 4 aromatic rings. The van der Waals surface area contributed by atoms with Crippen molar-refractivity contribution in [1.82, 2.24) is 14.5 Å². The number of hydrogen-bond donors (Lipinski definition) is 1. The van der Waals surface area contributed by atoms with Crippen LogP contribution in [0.4, 0.5) is 17.6 Å². The number of rotatable bonds is 4. The Kier molecular flexibility index (Phi) is 6.28. The van der Waals surface area contributed by atoms with Crippen molar-refractivity contribution in [1.29, 1.82) is 0 Å². The lowest BCUT2D eigenvalue weighted by atomic mass is 9.98. The van der Waals surface area contributed by atoms with Gasteiger partial charge < -0.3 is 0 Å². The number of carbonyl (C=O) groups is 1. The summed E-state index contributed by atoms with van der Waals surface area (Å²) in [7, 11) is -3.94. The highest BCUT2D eigenvalue weighted by Crippen LogP contribution is 2.39. The molecular weight excluding hydrogens is 533 g/mol. The molecule has 0 fully saturated rings. The van der Waals surface area contributed by atoms with Crippen molar-refractivity contribution in [3.8, 4) is 16.8 Å². The molecule has 182 valence electrons. The lowest BCUT2D eigenvalue weighted by molar-refractivity contribution is -0.137. The molecule has 13 heteroatoms. The van der Waals surface area contributed by atoms with Crippen LogP contribution >= 0.6 is 23.2 Å². The van der Waals surface area contributed by atoms with Crippen LogP contribution < -0.4 is 4.72 Å². The average molecular weight is 546 g/mol. The topological polar surface area (TPSA) is 81.1 Å². The van der Waals surface area contributed by atoms with Crippen LogP contribution in [0.5, 0.6) is 0 Å². The van der Waals surface area contributed by atoms with Crippen LogP contribution in [0.25, 0.3) is 27.7 Å². The van der Waals surface area contributed by atoms with Crippen LogP contribution in [-0.4, -0.2) is 30.4 Å². The Bertz CT molecular complexity index is 1600. The SMILES string of the molecule is CS(=O)(=O)NC(=O)c1cc(Cl)c(-n2nc(Cl)c3cc(-c4ccccc4C(F)(F)F)ccc32)cc1F. The molecule has 0 bridgehead atoms. The summed E-state index contributed by atoms with van der Waals surface area (Å²) in [5, 5.41) is 4.15. The van der Waals surface area contributed by atoms with Crippen molar-refractivity contribution in [2.45, 2.75) is 6.18 Å². The van der Waals surface area contributed by atoms with Crippen molar-refractivity contribution < 1.29 is 30.8 Å². The molecule has 1 N–H and O–H groups in total. The maximum absolute atomic E-state index is 14.7. The van der Waals surface area contributed by atoms with E-state index < -0.39 is 39.1 Å². The Labute approximate surface area is 206 Å². The summed E-state index contributed by atoms with van der Waals surface area (Å²) in [6, 6.07) is 11.2. The summed E-state index contributed by atoms with van der Waals surface area (Å²) in [5.41, 5.74) is -0.986. The third kappa shape index (κ3) is 4.97. The standard InChI is InChI=1S/C22H13Cl2F4N3O3S/c1-35(33,34)30-21(32)13-9-16(23)19(10-17(13)25)31-18-7-6-11(8-14(18)20(24)29-31)12-4-2-3-5-15(12)22(26,27)28/h2-10H,1H3,(H,30,32). The summed E-state index contributed by atoms with van der Waals surface area (Å²) in [4.78, 5) is 12.1. The smallest absolute Gasteiger partial charge is 0.268 e. The average Bonchev–Trinajstić information content (AvgIpc) is 3.09. The number of nitrogens with zero attached hydrogens (tertiary/aromatic N) is 2. The van der Waals surface area contributed by atoms with Gasteiger partial charge in [0.1, 0.15) is 5.82 Å². The predicted octanol–water partition coefficient (Wildman–Crippen LogP) is 5.85. The number of carbonyl (C=O) groups excluding carboxylic acids is 1.